The van der Waals surface area contributed by atoms with E-state index >= 15 is 0 Å². The molecule has 0 fully saturated rings. The largest absolute Gasteiger partial charge is 0.332 e. The fourth-order valence-electron chi connectivity index (χ4n) is 0. The average molecular weight is 208 g/mol. The van der Waals surface area contributed by atoms with E-state index in [9.17, 15) is 0 Å². The summed E-state index contributed by atoms with van der Waals surface area (Å²) < 4.78 is 2.31. The van der Waals surface area contributed by atoms with Gasteiger partial charge < -0.3 is 9.88 Å². The molecule has 0 amide bonds. The normalized spacial score (nSPS) is 8.50. The van der Waals surface area contributed by atoms with Crippen molar-refractivity contribution in [2.45, 2.75) is 26.2 Å². The van der Waals surface area contributed by atoms with E-state index in [1.54, 1.807) is 0 Å². The maximum atomic E-state index is 2.75. The number of hydrogen-bond donors (Lipinski definition) is 1. The monoisotopic (exact) mass is 208 g/mol. The molecule has 1 N–H and O–H groups in total. The SMILES string of the molecule is CN(C)[SiH](C)C.CNC.C[SiH2]C. The summed E-state index contributed by atoms with van der Waals surface area (Å²) in [6.07, 6.45) is 0. The van der Waals surface area contributed by atoms with Gasteiger partial charge in [-0.25, -0.2) is 0 Å². The van der Waals surface area contributed by atoms with E-state index in [0.717, 1.165) is 0 Å². The van der Waals surface area contributed by atoms with Crippen LogP contribution in [-0.2, 0) is 0 Å². The summed E-state index contributed by atoms with van der Waals surface area (Å²) in [6.45, 7) is 9.14. The van der Waals surface area contributed by atoms with E-state index < -0.39 is 8.96 Å². The minimum atomic E-state index is -0.410. The maximum Gasteiger partial charge on any atom is 0.105 e. The highest BCUT2D eigenvalue weighted by Crippen LogP contribution is 1.79. The van der Waals surface area contributed by atoms with Gasteiger partial charge in [0, 0.05) is 9.52 Å². The summed E-state index contributed by atoms with van der Waals surface area (Å²) in [4.78, 5) is 0. The second kappa shape index (κ2) is 17.4. The number of nitrogens with zero attached hydrogens (tertiary/aromatic N) is 1. The molecule has 0 aromatic rings. The summed E-state index contributed by atoms with van der Waals surface area (Å²) in [7, 11) is 8.03. The van der Waals surface area contributed by atoms with Gasteiger partial charge in [-0.3, -0.25) is 0 Å². The summed E-state index contributed by atoms with van der Waals surface area (Å²) in [5.41, 5.74) is 0. The standard InChI is InChI=1S/C4H13NSi.C2H7N.C2H8Si/c1-5(2)6(3)4;2*1-3-2/h6H,1-4H3;3H,1-2H3;3H2,1-2H3. The highest BCUT2D eigenvalue weighted by molar-refractivity contribution is 6.52. The highest BCUT2D eigenvalue weighted by atomic mass is 28.3. The van der Waals surface area contributed by atoms with Crippen LogP contribution in [0.4, 0.5) is 0 Å². The predicted octanol–water partition coefficient (Wildman–Crippen LogP) is 0.618. The second-order valence-electron chi connectivity index (χ2n) is 3.26. The molecule has 78 valence electrons. The maximum absolute atomic E-state index is 2.75. The van der Waals surface area contributed by atoms with E-state index in [1.165, 1.54) is 0 Å². The van der Waals surface area contributed by atoms with E-state index in [2.05, 4.69) is 50.2 Å². The van der Waals surface area contributed by atoms with Gasteiger partial charge >= 0.3 is 0 Å². The highest BCUT2D eigenvalue weighted by Gasteiger charge is 1.93. The van der Waals surface area contributed by atoms with Crippen LogP contribution in [0.25, 0.3) is 0 Å². The van der Waals surface area contributed by atoms with Crippen LogP contribution in [-0.4, -0.2) is 51.2 Å². The third-order valence-electron chi connectivity index (χ3n) is 1.03. The molecular weight excluding hydrogens is 180 g/mol. The van der Waals surface area contributed by atoms with Crippen molar-refractivity contribution in [1.82, 2.24) is 9.88 Å². The lowest BCUT2D eigenvalue weighted by Gasteiger charge is -2.10. The van der Waals surface area contributed by atoms with Crippen LogP contribution in [0.3, 0.4) is 0 Å². The predicted molar refractivity (Wildman–Crippen MR) is 67.8 cm³/mol. The van der Waals surface area contributed by atoms with Crippen molar-refractivity contribution in [1.29, 1.82) is 0 Å². The fraction of sp³-hybridized carbons (Fsp3) is 1.00. The summed E-state index contributed by atoms with van der Waals surface area (Å²) in [6, 6.07) is 0. The molecule has 0 aliphatic heterocycles. The zero-order valence-corrected chi connectivity index (χ0v) is 12.8. The van der Waals surface area contributed by atoms with Crippen LogP contribution >= 0.6 is 0 Å². The minimum Gasteiger partial charge on any atom is -0.332 e. The summed E-state index contributed by atoms with van der Waals surface area (Å²) in [5, 5.41) is 2.75. The smallest absolute Gasteiger partial charge is 0.105 e. The van der Waals surface area contributed by atoms with Crippen LogP contribution in [0.1, 0.15) is 0 Å². The van der Waals surface area contributed by atoms with E-state index in [4.69, 9.17) is 0 Å². The Morgan fingerprint density at radius 1 is 1.08 bits per heavy atom. The van der Waals surface area contributed by atoms with E-state index in [0.29, 0.717) is 9.52 Å². The molecule has 4 heteroatoms. The molecule has 0 saturated carbocycles. The van der Waals surface area contributed by atoms with Crippen LogP contribution in [0.2, 0.25) is 26.2 Å². The molecule has 0 bridgehead atoms. The molecule has 0 unspecified atom stereocenters. The molecule has 0 atom stereocenters. The topological polar surface area (TPSA) is 15.3 Å². The molecule has 0 radical (unpaired) electrons. The Bertz CT molecular complexity index is 51.0. The van der Waals surface area contributed by atoms with Crippen LogP contribution < -0.4 is 5.32 Å². The Labute approximate surface area is 83.2 Å². The molecule has 12 heavy (non-hydrogen) atoms. The van der Waals surface area contributed by atoms with Crippen LogP contribution in [0.15, 0.2) is 0 Å². The molecule has 0 heterocycles. The first-order valence-corrected chi connectivity index (χ1v) is 10.4. The van der Waals surface area contributed by atoms with Gasteiger partial charge in [0.25, 0.3) is 0 Å². The van der Waals surface area contributed by atoms with E-state index in [1.807, 2.05) is 14.1 Å². The first-order valence-electron chi connectivity index (χ1n) is 4.72. The van der Waals surface area contributed by atoms with Crippen LogP contribution in [0.5, 0.6) is 0 Å². The van der Waals surface area contributed by atoms with Gasteiger partial charge in [-0.15, -0.1) is 0 Å². The third kappa shape index (κ3) is 47.8. The molecular formula is C8H28N2Si2. The zero-order chi connectivity index (χ0) is 10.6. The van der Waals surface area contributed by atoms with Crippen molar-refractivity contribution in [3.63, 3.8) is 0 Å². The van der Waals surface area contributed by atoms with Gasteiger partial charge in [0.2, 0.25) is 0 Å². The Hall–Kier alpha value is 0.354. The minimum absolute atomic E-state index is 0.410. The van der Waals surface area contributed by atoms with E-state index in [-0.39, 0.29) is 0 Å². The van der Waals surface area contributed by atoms with Gasteiger partial charge in [-0.05, 0) is 28.2 Å². The van der Waals surface area contributed by atoms with Gasteiger partial charge in [-0.2, -0.15) is 0 Å². The summed E-state index contributed by atoms with van der Waals surface area (Å²) >= 11 is 0. The molecule has 0 aromatic carbocycles. The Morgan fingerprint density at radius 2 is 1.17 bits per heavy atom. The molecule has 0 saturated heterocycles. The Kier molecular flexibility index (Phi) is 26.5. The summed E-state index contributed by atoms with van der Waals surface area (Å²) in [5.74, 6) is 0. The number of rotatable bonds is 1. The second-order valence-corrected chi connectivity index (χ2v) is 7.90. The van der Waals surface area contributed by atoms with Crippen molar-refractivity contribution in [2.24, 2.45) is 0 Å². The lowest BCUT2D eigenvalue weighted by molar-refractivity contribution is 0.648. The van der Waals surface area contributed by atoms with Crippen molar-refractivity contribution in [2.75, 3.05) is 28.2 Å². The molecule has 2 nitrogen and oxygen atoms in total. The lowest BCUT2D eigenvalue weighted by Crippen LogP contribution is -2.25. The molecule has 0 aliphatic carbocycles. The Morgan fingerprint density at radius 3 is 1.17 bits per heavy atom. The van der Waals surface area contributed by atoms with Crippen molar-refractivity contribution >= 4 is 18.5 Å². The van der Waals surface area contributed by atoms with Gasteiger partial charge in [0.1, 0.15) is 8.96 Å². The van der Waals surface area contributed by atoms with Gasteiger partial charge in [-0.1, -0.05) is 26.2 Å². The van der Waals surface area contributed by atoms with Gasteiger partial charge in [0.05, 0.1) is 0 Å². The first-order chi connectivity index (χ1) is 5.47. The Balaban J connectivity index is -0.000000115. The van der Waals surface area contributed by atoms with Gasteiger partial charge in [0.15, 0.2) is 0 Å². The van der Waals surface area contributed by atoms with Crippen molar-refractivity contribution in [3.05, 3.63) is 0 Å². The first kappa shape index (κ1) is 18.2. The fourth-order valence-corrected chi connectivity index (χ4v) is 0. The lowest BCUT2D eigenvalue weighted by atomic mass is 11.3. The average Bonchev–Trinajstić information content (AvgIpc) is 1.90. The van der Waals surface area contributed by atoms with Crippen LogP contribution in [0, 0.1) is 0 Å². The molecule has 0 rings (SSSR count). The quantitative estimate of drug-likeness (QED) is 0.636. The van der Waals surface area contributed by atoms with Crippen molar-refractivity contribution < 1.29 is 0 Å². The number of nitrogens with one attached hydrogen (secondary N) is 1. The molecule has 0 aromatic heterocycles. The zero-order valence-electron chi connectivity index (χ0n) is 10.2. The number of hydrogen-bond acceptors (Lipinski definition) is 2. The molecule has 0 spiro atoms. The third-order valence-corrected chi connectivity index (χ3v) is 3.10. The van der Waals surface area contributed by atoms with Crippen molar-refractivity contribution in [3.8, 4) is 0 Å². The molecule has 0 aliphatic rings.